The van der Waals surface area contributed by atoms with Gasteiger partial charge in [-0.25, -0.2) is 9.07 Å². The molecule has 1 aromatic carbocycles. The number of methoxy groups -OCH3 is 1. The number of nitrogens with zero attached hydrogens (tertiary/aromatic N) is 3. The zero-order valence-electron chi connectivity index (χ0n) is 14.8. The monoisotopic (exact) mass is 377 g/mol. The topological polar surface area (TPSA) is 47.4 Å². The number of benzene rings is 1. The first kappa shape index (κ1) is 18.6. The number of ether oxygens (including phenoxy) is 1. The lowest BCUT2D eigenvalue weighted by Crippen LogP contribution is -2.39. The van der Waals surface area contributed by atoms with Crippen molar-refractivity contribution in [1.29, 1.82) is 0 Å². The van der Waals surface area contributed by atoms with Gasteiger partial charge in [0.05, 0.1) is 17.5 Å². The lowest BCUT2D eigenvalue weighted by Gasteiger charge is -2.30. The highest BCUT2D eigenvalue weighted by molar-refractivity contribution is 6.31. The summed E-state index contributed by atoms with van der Waals surface area (Å²) in [6.45, 7) is 3.19. The molecule has 0 spiro atoms. The SMILES string of the molecule is COC1CCN(C(=O)/C=C/c2c(C)nn(-c3ccc(F)cc3)c2Cl)CC1. The van der Waals surface area contributed by atoms with Crippen LogP contribution in [0.2, 0.25) is 5.15 Å². The molecule has 0 radical (unpaired) electrons. The molecule has 138 valence electrons. The molecular formula is C19H21ClFN3O2. The fourth-order valence-corrected chi connectivity index (χ4v) is 3.36. The van der Waals surface area contributed by atoms with Crippen LogP contribution in [0.5, 0.6) is 0 Å². The maximum atomic E-state index is 13.1. The predicted molar refractivity (Wildman–Crippen MR) is 98.9 cm³/mol. The van der Waals surface area contributed by atoms with Crippen molar-refractivity contribution in [3.05, 3.63) is 52.6 Å². The number of halogens is 2. The number of carbonyl (C=O) groups is 1. The van der Waals surface area contributed by atoms with E-state index < -0.39 is 0 Å². The average Bonchev–Trinajstić information content (AvgIpc) is 2.94. The zero-order valence-corrected chi connectivity index (χ0v) is 15.5. The van der Waals surface area contributed by atoms with E-state index in [-0.39, 0.29) is 17.8 Å². The normalized spacial score (nSPS) is 15.8. The van der Waals surface area contributed by atoms with Gasteiger partial charge in [-0.2, -0.15) is 5.10 Å². The van der Waals surface area contributed by atoms with Crippen LogP contribution in [0.25, 0.3) is 11.8 Å². The van der Waals surface area contributed by atoms with Gasteiger partial charge in [-0.3, -0.25) is 4.79 Å². The van der Waals surface area contributed by atoms with E-state index in [9.17, 15) is 9.18 Å². The first-order chi connectivity index (χ1) is 12.5. The number of likely N-dealkylation sites (tertiary alicyclic amines) is 1. The zero-order chi connectivity index (χ0) is 18.7. The van der Waals surface area contributed by atoms with E-state index in [2.05, 4.69) is 5.10 Å². The van der Waals surface area contributed by atoms with Crippen LogP contribution < -0.4 is 0 Å². The summed E-state index contributed by atoms with van der Waals surface area (Å²) >= 11 is 6.43. The number of rotatable bonds is 4. The lowest BCUT2D eigenvalue weighted by molar-refractivity contribution is -0.128. The second kappa shape index (κ2) is 8.01. The van der Waals surface area contributed by atoms with Crippen LogP contribution >= 0.6 is 11.6 Å². The Morgan fingerprint density at radius 3 is 2.58 bits per heavy atom. The third kappa shape index (κ3) is 3.97. The van der Waals surface area contributed by atoms with Gasteiger partial charge in [0.25, 0.3) is 0 Å². The number of hydrogen-bond donors (Lipinski definition) is 0. The van der Waals surface area contributed by atoms with E-state index in [4.69, 9.17) is 16.3 Å². The van der Waals surface area contributed by atoms with E-state index in [1.165, 1.54) is 22.9 Å². The molecule has 0 aliphatic carbocycles. The number of carbonyl (C=O) groups excluding carboxylic acids is 1. The highest BCUT2D eigenvalue weighted by Crippen LogP contribution is 2.25. The summed E-state index contributed by atoms with van der Waals surface area (Å²) in [7, 11) is 1.70. The molecule has 1 aliphatic rings. The number of piperidine rings is 1. The molecular weight excluding hydrogens is 357 g/mol. The summed E-state index contributed by atoms with van der Waals surface area (Å²) in [5, 5.41) is 4.78. The molecule has 3 rings (SSSR count). The molecule has 2 aromatic rings. The minimum Gasteiger partial charge on any atom is -0.381 e. The van der Waals surface area contributed by atoms with Gasteiger partial charge < -0.3 is 9.64 Å². The first-order valence-electron chi connectivity index (χ1n) is 8.50. The molecule has 7 heteroatoms. The lowest BCUT2D eigenvalue weighted by atomic mass is 10.1. The molecule has 0 N–H and O–H groups in total. The van der Waals surface area contributed by atoms with E-state index in [1.54, 1.807) is 30.2 Å². The minimum absolute atomic E-state index is 0.0513. The van der Waals surface area contributed by atoms with Crippen molar-refractivity contribution in [3.63, 3.8) is 0 Å². The Balaban J connectivity index is 1.74. The average molecular weight is 378 g/mol. The Morgan fingerprint density at radius 2 is 1.96 bits per heavy atom. The van der Waals surface area contributed by atoms with Crippen LogP contribution in [0.15, 0.2) is 30.3 Å². The molecule has 5 nitrogen and oxygen atoms in total. The molecule has 1 aromatic heterocycles. The van der Waals surface area contributed by atoms with Crippen molar-refractivity contribution in [2.45, 2.75) is 25.9 Å². The van der Waals surface area contributed by atoms with Crippen LogP contribution in [0, 0.1) is 12.7 Å². The smallest absolute Gasteiger partial charge is 0.246 e. The fourth-order valence-electron chi connectivity index (χ4n) is 3.03. The number of hydrogen-bond acceptors (Lipinski definition) is 3. The highest BCUT2D eigenvalue weighted by atomic mass is 35.5. The third-order valence-electron chi connectivity index (χ3n) is 4.60. The molecule has 1 aliphatic heterocycles. The Labute approximate surface area is 157 Å². The maximum absolute atomic E-state index is 13.1. The quantitative estimate of drug-likeness (QED) is 0.764. The van der Waals surface area contributed by atoms with E-state index in [0.29, 0.717) is 35.2 Å². The van der Waals surface area contributed by atoms with Gasteiger partial charge in [-0.15, -0.1) is 0 Å². The molecule has 1 fully saturated rings. The molecule has 26 heavy (non-hydrogen) atoms. The first-order valence-corrected chi connectivity index (χ1v) is 8.88. The summed E-state index contributed by atoms with van der Waals surface area (Å²) in [6.07, 6.45) is 5.14. The molecule has 0 unspecified atom stereocenters. The molecule has 0 bridgehead atoms. The Bertz CT molecular complexity index is 809. The van der Waals surface area contributed by atoms with Crippen molar-refractivity contribution >= 4 is 23.6 Å². The minimum atomic E-state index is -0.322. The summed E-state index contributed by atoms with van der Waals surface area (Å²) in [4.78, 5) is 14.2. The van der Waals surface area contributed by atoms with Crippen LogP contribution in [0.1, 0.15) is 24.1 Å². The van der Waals surface area contributed by atoms with Crippen LogP contribution in [0.3, 0.4) is 0 Å². The van der Waals surface area contributed by atoms with E-state index in [0.717, 1.165) is 12.8 Å². The third-order valence-corrected chi connectivity index (χ3v) is 4.96. The highest BCUT2D eigenvalue weighted by Gasteiger charge is 2.21. The van der Waals surface area contributed by atoms with Gasteiger partial charge in [-0.1, -0.05) is 11.6 Å². The van der Waals surface area contributed by atoms with Gasteiger partial charge >= 0.3 is 0 Å². The van der Waals surface area contributed by atoms with Gasteiger partial charge in [0, 0.05) is 31.8 Å². The summed E-state index contributed by atoms with van der Waals surface area (Å²) in [5.74, 6) is -0.374. The van der Waals surface area contributed by atoms with E-state index in [1.807, 2.05) is 6.92 Å². The Kier molecular flexibility index (Phi) is 5.74. The summed E-state index contributed by atoms with van der Waals surface area (Å²) < 4.78 is 20.0. The molecule has 2 heterocycles. The van der Waals surface area contributed by atoms with Crippen molar-refractivity contribution in [3.8, 4) is 5.69 Å². The number of aryl methyl sites for hydroxylation is 1. The standard InChI is InChI=1S/C19H21ClFN3O2/c1-13-17(7-8-18(25)23-11-9-16(26-2)10-12-23)19(20)24(22-13)15-5-3-14(21)4-6-15/h3-8,16H,9-12H2,1-2H3/b8-7+. The van der Waals surface area contributed by atoms with Crippen molar-refractivity contribution in [2.75, 3.05) is 20.2 Å². The largest absolute Gasteiger partial charge is 0.381 e. The van der Waals surface area contributed by atoms with Gasteiger partial charge in [0.15, 0.2) is 0 Å². The second-order valence-corrected chi connectivity index (χ2v) is 6.63. The molecule has 0 saturated carbocycles. The summed E-state index contributed by atoms with van der Waals surface area (Å²) in [6, 6.07) is 5.91. The Hall–Kier alpha value is -2.18. The van der Waals surface area contributed by atoms with Crippen molar-refractivity contribution < 1.29 is 13.9 Å². The maximum Gasteiger partial charge on any atom is 0.246 e. The molecule has 1 saturated heterocycles. The van der Waals surface area contributed by atoms with E-state index >= 15 is 0 Å². The molecule has 0 atom stereocenters. The second-order valence-electron chi connectivity index (χ2n) is 6.27. The van der Waals surface area contributed by atoms with Crippen molar-refractivity contribution in [2.24, 2.45) is 0 Å². The number of aromatic nitrogens is 2. The summed E-state index contributed by atoms with van der Waals surface area (Å²) in [5.41, 5.74) is 2.03. The van der Waals surface area contributed by atoms with Crippen LogP contribution in [-0.2, 0) is 9.53 Å². The van der Waals surface area contributed by atoms with Gasteiger partial charge in [-0.05, 0) is 50.1 Å². The van der Waals surface area contributed by atoms with Crippen molar-refractivity contribution in [1.82, 2.24) is 14.7 Å². The predicted octanol–water partition coefficient (Wildman–Crippen LogP) is 3.62. The van der Waals surface area contributed by atoms with Gasteiger partial charge in [0.2, 0.25) is 5.91 Å². The molecule has 1 amide bonds. The fraction of sp³-hybridized carbons (Fsp3) is 0.368. The van der Waals surface area contributed by atoms with Crippen LogP contribution in [0.4, 0.5) is 4.39 Å². The van der Waals surface area contributed by atoms with Gasteiger partial charge in [0.1, 0.15) is 11.0 Å². The Morgan fingerprint density at radius 1 is 1.31 bits per heavy atom. The van der Waals surface area contributed by atoms with Crippen LogP contribution in [-0.4, -0.2) is 46.9 Å². The number of amides is 1.